The largest absolute Gasteiger partial charge is 0.382 e. The molecule has 0 amide bonds. The van der Waals surface area contributed by atoms with Crippen LogP contribution in [-0.4, -0.2) is 21.7 Å². The molecule has 2 aromatic carbocycles. The summed E-state index contributed by atoms with van der Waals surface area (Å²) in [5.41, 5.74) is 10.7. The van der Waals surface area contributed by atoms with Crippen molar-refractivity contribution in [1.29, 1.82) is 0 Å². The smallest absolute Gasteiger partial charge is 0.189 e. The molecule has 0 aliphatic carbocycles. The first-order valence-electron chi connectivity index (χ1n) is 9.71. The fourth-order valence-corrected chi connectivity index (χ4v) is 3.10. The van der Waals surface area contributed by atoms with Crippen LogP contribution in [-0.2, 0) is 6.54 Å². The average molecular weight is 403 g/mol. The normalized spacial score (nSPS) is 11.0. The molecule has 0 saturated heterocycles. The molecule has 30 heavy (non-hydrogen) atoms. The Morgan fingerprint density at radius 3 is 2.60 bits per heavy atom. The number of halogens is 1. The van der Waals surface area contributed by atoms with Crippen molar-refractivity contribution in [2.75, 3.05) is 12.3 Å². The zero-order chi connectivity index (χ0) is 21.1. The zero-order valence-corrected chi connectivity index (χ0v) is 16.8. The van der Waals surface area contributed by atoms with Crippen molar-refractivity contribution in [3.05, 3.63) is 71.7 Å². The van der Waals surface area contributed by atoms with Crippen LogP contribution in [0.3, 0.4) is 0 Å². The lowest BCUT2D eigenvalue weighted by molar-refractivity contribution is 0.433. The highest BCUT2D eigenvalue weighted by Crippen LogP contribution is 2.30. The van der Waals surface area contributed by atoms with Gasteiger partial charge in [-0.15, -0.1) is 0 Å². The quantitative estimate of drug-likeness (QED) is 0.489. The van der Waals surface area contributed by atoms with Gasteiger partial charge >= 0.3 is 0 Å². The molecule has 0 aliphatic rings. The van der Waals surface area contributed by atoms with Crippen LogP contribution in [0.25, 0.3) is 34.0 Å². The Bertz CT molecular complexity index is 1170. The molecule has 0 saturated carbocycles. The van der Waals surface area contributed by atoms with Crippen molar-refractivity contribution >= 4 is 5.82 Å². The number of rotatable bonds is 6. The van der Waals surface area contributed by atoms with Crippen molar-refractivity contribution in [2.45, 2.75) is 20.4 Å². The Labute approximate surface area is 174 Å². The fourth-order valence-electron chi connectivity index (χ4n) is 3.10. The van der Waals surface area contributed by atoms with E-state index in [0.717, 1.165) is 23.2 Å². The highest BCUT2D eigenvalue weighted by atomic mass is 19.1. The third kappa shape index (κ3) is 4.06. The second-order valence-electron chi connectivity index (χ2n) is 7.03. The second kappa shape index (κ2) is 8.42. The van der Waals surface area contributed by atoms with Crippen LogP contribution < -0.4 is 11.1 Å². The molecule has 2 heterocycles. The summed E-state index contributed by atoms with van der Waals surface area (Å²) in [6, 6.07) is 14.6. The van der Waals surface area contributed by atoms with Crippen molar-refractivity contribution in [2.24, 2.45) is 0 Å². The van der Waals surface area contributed by atoms with Gasteiger partial charge in [0.05, 0.1) is 11.9 Å². The van der Waals surface area contributed by atoms with Gasteiger partial charge in [0.1, 0.15) is 11.5 Å². The van der Waals surface area contributed by atoms with E-state index in [9.17, 15) is 4.39 Å². The molecule has 4 rings (SSSR count). The van der Waals surface area contributed by atoms with Gasteiger partial charge in [0.25, 0.3) is 0 Å². The van der Waals surface area contributed by atoms with Crippen LogP contribution in [0.5, 0.6) is 0 Å². The molecular weight excluding hydrogens is 381 g/mol. The van der Waals surface area contributed by atoms with Gasteiger partial charge < -0.3 is 15.6 Å². The molecule has 0 unspecified atom stereocenters. The number of aromatic nitrogens is 3. The molecule has 0 atom stereocenters. The molecule has 2 aromatic heterocycles. The van der Waals surface area contributed by atoms with E-state index < -0.39 is 0 Å². The number of benzene rings is 2. The van der Waals surface area contributed by atoms with E-state index in [2.05, 4.69) is 20.4 Å². The van der Waals surface area contributed by atoms with Crippen LogP contribution in [0.2, 0.25) is 0 Å². The number of nitrogens with one attached hydrogen (secondary N) is 1. The number of nitrogens with two attached hydrogens (primary N) is 1. The van der Waals surface area contributed by atoms with Gasteiger partial charge in [-0.05, 0) is 31.2 Å². The van der Waals surface area contributed by atoms with E-state index >= 15 is 0 Å². The third-order valence-electron chi connectivity index (χ3n) is 4.78. The topological polar surface area (TPSA) is 89.9 Å². The SMILES string of the molecule is CCNCc1ccc(-c2cc(-c3nc(-c4ccc(C)cc4)cnc3N)on2)c(F)c1. The fraction of sp³-hybridized carbons (Fsp3) is 0.174. The maximum absolute atomic E-state index is 14.6. The molecule has 4 aromatic rings. The van der Waals surface area contributed by atoms with Crippen LogP contribution >= 0.6 is 0 Å². The lowest BCUT2D eigenvalue weighted by atomic mass is 10.1. The lowest BCUT2D eigenvalue weighted by Gasteiger charge is -2.05. The van der Waals surface area contributed by atoms with Crippen LogP contribution in [0.4, 0.5) is 10.2 Å². The van der Waals surface area contributed by atoms with Crippen LogP contribution in [0.15, 0.2) is 59.3 Å². The maximum atomic E-state index is 14.6. The molecule has 0 spiro atoms. The minimum atomic E-state index is -0.363. The summed E-state index contributed by atoms with van der Waals surface area (Å²) in [7, 11) is 0. The average Bonchev–Trinajstić information content (AvgIpc) is 3.23. The molecule has 0 bridgehead atoms. The predicted octanol–water partition coefficient (Wildman–Crippen LogP) is 4.60. The van der Waals surface area contributed by atoms with Crippen molar-refractivity contribution in [1.82, 2.24) is 20.4 Å². The first kappa shape index (κ1) is 19.7. The molecule has 0 radical (unpaired) electrons. The van der Waals surface area contributed by atoms with Crippen LogP contribution in [0, 0.1) is 12.7 Å². The Balaban J connectivity index is 1.66. The summed E-state index contributed by atoms with van der Waals surface area (Å²) in [5, 5.41) is 7.19. The lowest BCUT2D eigenvalue weighted by Crippen LogP contribution is -2.11. The molecule has 152 valence electrons. The second-order valence-corrected chi connectivity index (χ2v) is 7.03. The minimum absolute atomic E-state index is 0.218. The zero-order valence-electron chi connectivity index (χ0n) is 16.8. The highest BCUT2D eigenvalue weighted by Gasteiger charge is 2.17. The van der Waals surface area contributed by atoms with E-state index in [1.807, 2.05) is 44.2 Å². The first-order chi connectivity index (χ1) is 14.5. The molecule has 7 heteroatoms. The van der Waals surface area contributed by atoms with E-state index in [1.54, 1.807) is 18.3 Å². The number of hydrogen-bond acceptors (Lipinski definition) is 6. The molecule has 6 nitrogen and oxygen atoms in total. The van der Waals surface area contributed by atoms with E-state index in [4.69, 9.17) is 10.3 Å². The summed E-state index contributed by atoms with van der Waals surface area (Å²) < 4.78 is 20.0. The van der Waals surface area contributed by atoms with Crippen LogP contribution in [0.1, 0.15) is 18.1 Å². The third-order valence-corrected chi connectivity index (χ3v) is 4.78. The molecule has 0 aliphatic heterocycles. The van der Waals surface area contributed by atoms with Crippen molar-refractivity contribution in [3.8, 4) is 34.0 Å². The van der Waals surface area contributed by atoms with E-state index in [-0.39, 0.29) is 11.6 Å². The Morgan fingerprint density at radius 1 is 1.07 bits per heavy atom. The van der Waals surface area contributed by atoms with Crippen molar-refractivity contribution < 1.29 is 8.91 Å². The first-order valence-corrected chi connectivity index (χ1v) is 9.71. The monoisotopic (exact) mass is 403 g/mol. The van der Waals surface area contributed by atoms with Gasteiger partial charge in [0, 0.05) is 23.7 Å². The van der Waals surface area contributed by atoms with Gasteiger partial charge in [-0.2, -0.15) is 0 Å². The van der Waals surface area contributed by atoms with E-state index in [1.165, 1.54) is 6.07 Å². The number of hydrogen-bond donors (Lipinski definition) is 2. The van der Waals surface area contributed by atoms with E-state index in [0.29, 0.717) is 35.0 Å². The summed E-state index contributed by atoms with van der Waals surface area (Å²) in [4.78, 5) is 8.84. The van der Waals surface area contributed by atoms with Crippen molar-refractivity contribution in [3.63, 3.8) is 0 Å². The van der Waals surface area contributed by atoms with Gasteiger partial charge in [-0.25, -0.2) is 14.4 Å². The maximum Gasteiger partial charge on any atom is 0.189 e. The number of aryl methyl sites for hydroxylation is 1. The summed E-state index contributed by atoms with van der Waals surface area (Å²) in [6.07, 6.45) is 1.61. The number of anilines is 1. The summed E-state index contributed by atoms with van der Waals surface area (Å²) in [5.74, 6) is 0.188. The summed E-state index contributed by atoms with van der Waals surface area (Å²) >= 11 is 0. The highest BCUT2D eigenvalue weighted by molar-refractivity contribution is 5.73. The van der Waals surface area contributed by atoms with Gasteiger partial charge in [0.2, 0.25) is 0 Å². The Kier molecular flexibility index (Phi) is 5.54. The molecular formula is C23H22FN5O. The van der Waals surface area contributed by atoms with Gasteiger partial charge in [0.15, 0.2) is 17.3 Å². The number of nitrogens with zero attached hydrogens (tertiary/aromatic N) is 3. The van der Waals surface area contributed by atoms with Gasteiger partial charge in [-0.3, -0.25) is 0 Å². The number of nitrogen functional groups attached to an aromatic ring is 1. The Hall–Kier alpha value is -3.58. The standard InChI is InChI=1S/C23H22FN5O/c1-3-26-12-15-6-9-17(18(24)10-15)19-11-21(30-29-19)22-23(25)27-13-20(28-22)16-7-4-14(2)5-8-16/h4-11,13,26H,3,12H2,1-2H3,(H2,25,27). The molecule has 3 N–H and O–H groups in total. The molecule has 0 fully saturated rings. The predicted molar refractivity (Wildman–Crippen MR) is 115 cm³/mol. The van der Waals surface area contributed by atoms with Gasteiger partial charge in [-0.1, -0.05) is 48.0 Å². The Morgan fingerprint density at radius 2 is 1.87 bits per heavy atom. The summed E-state index contributed by atoms with van der Waals surface area (Å²) in [6.45, 7) is 5.45. The minimum Gasteiger partial charge on any atom is -0.382 e.